The van der Waals surface area contributed by atoms with Gasteiger partial charge in [0, 0.05) is 0 Å². The summed E-state index contributed by atoms with van der Waals surface area (Å²) in [6, 6.07) is 26.5. The summed E-state index contributed by atoms with van der Waals surface area (Å²) in [5.74, 6) is 0. The Morgan fingerprint density at radius 1 is 0.385 bits per heavy atom. The first-order chi connectivity index (χ1) is 12.8. The van der Waals surface area contributed by atoms with Crippen molar-refractivity contribution >= 4 is 12.2 Å². The highest BCUT2D eigenvalue weighted by atomic mass is 14.5. The molecule has 0 nitrogen and oxygen atoms in total. The summed E-state index contributed by atoms with van der Waals surface area (Å²) in [6.45, 7) is 0. The highest BCUT2D eigenvalue weighted by Gasteiger charge is 2.46. The maximum absolute atomic E-state index is 2.42. The maximum atomic E-state index is 2.42. The quantitative estimate of drug-likeness (QED) is 0.451. The first-order valence-electron chi connectivity index (χ1n) is 9.21. The fourth-order valence-corrected chi connectivity index (χ4v) is 5.07. The summed E-state index contributed by atoms with van der Waals surface area (Å²) in [6.07, 6.45) is 14.1. The van der Waals surface area contributed by atoms with E-state index in [0.29, 0.717) is 0 Å². The monoisotopic (exact) mass is 330 g/mol. The number of benzene rings is 3. The Labute approximate surface area is 153 Å². The van der Waals surface area contributed by atoms with Gasteiger partial charge in [-0.3, -0.25) is 0 Å². The van der Waals surface area contributed by atoms with Crippen molar-refractivity contribution in [3.8, 4) is 0 Å². The first-order valence-corrected chi connectivity index (χ1v) is 9.21. The molecule has 122 valence electrons. The van der Waals surface area contributed by atoms with Gasteiger partial charge in [0.25, 0.3) is 0 Å². The van der Waals surface area contributed by atoms with E-state index in [4.69, 9.17) is 0 Å². The van der Waals surface area contributed by atoms with Crippen LogP contribution >= 0.6 is 0 Å². The van der Waals surface area contributed by atoms with Crippen LogP contribution in [0.1, 0.15) is 33.4 Å². The SMILES string of the molecule is C1=CC2(C=CC3(C=Cc4ccccc43)c3ccccc32)c2ccccc21. The minimum Gasteiger partial charge on any atom is -0.0682 e. The molecule has 0 saturated heterocycles. The normalized spacial score (nSPS) is 26.3. The zero-order valence-electron chi connectivity index (χ0n) is 14.4. The molecule has 0 heterocycles. The van der Waals surface area contributed by atoms with Crippen molar-refractivity contribution in [2.45, 2.75) is 10.8 Å². The molecule has 0 saturated carbocycles. The molecule has 6 rings (SSSR count). The van der Waals surface area contributed by atoms with E-state index < -0.39 is 0 Å². The van der Waals surface area contributed by atoms with Gasteiger partial charge in [-0.05, 0) is 33.4 Å². The van der Waals surface area contributed by atoms with E-state index in [9.17, 15) is 0 Å². The molecule has 3 aliphatic rings. The Balaban J connectivity index is 1.67. The number of rotatable bonds is 0. The molecule has 3 aromatic rings. The van der Waals surface area contributed by atoms with Gasteiger partial charge in [0.2, 0.25) is 0 Å². The average molecular weight is 330 g/mol. The Hall–Kier alpha value is -3.12. The van der Waals surface area contributed by atoms with Gasteiger partial charge in [-0.25, -0.2) is 0 Å². The van der Waals surface area contributed by atoms with Crippen LogP contribution in [0.15, 0.2) is 97.1 Å². The van der Waals surface area contributed by atoms with Gasteiger partial charge in [-0.2, -0.15) is 0 Å². The molecule has 0 radical (unpaired) electrons. The Morgan fingerprint density at radius 3 is 1.23 bits per heavy atom. The van der Waals surface area contributed by atoms with Gasteiger partial charge in [-0.1, -0.05) is 109 Å². The van der Waals surface area contributed by atoms with Gasteiger partial charge >= 0.3 is 0 Å². The predicted octanol–water partition coefficient (Wildman–Crippen LogP) is 5.88. The Kier molecular flexibility index (Phi) is 2.57. The summed E-state index contributed by atoms with van der Waals surface area (Å²) < 4.78 is 0. The van der Waals surface area contributed by atoms with Gasteiger partial charge in [0.15, 0.2) is 0 Å². The molecular formula is C26H18. The molecule has 0 N–H and O–H groups in total. The minimum atomic E-state index is -0.149. The maximum Gasteiger partial charge on any atom is 0.0575 e. The minimum absolute atomic E-state index is 0.149. The van der Waals surface area contributed by atoms with Gasteiger partial charge < -0.3 is 0 Å². The topological polar surface area (TPSA) is 0 Å². The summed E-state index contributed by atoms with van der Waals surface area (Å²) in [5, 5.41) is 0. The van der Waals surface area contributed by atoms with Crippen LogP contribution in [0.4, 0.5) is 0 Å². The van der Waals surface area contributed by atoms with Gasteiger partial charge in [0.05, 0.1) is 10.8 Å². The third kappa shape index (κ3) is 1.55. The van der Waals surface area contributed by atoms with Crippen LogP contribution in [0, 0.1) is 0 Å². The van der Waals surface area contributed by atoms with Crippen LogP contribution in [0.3, 0.4) is 0 Å². The van der Waals surface area contributed by atoms with E-state index in [1.165, 1.54) is 33.4 Å². The van der Waals surface area contributed by atoms with Crippen LogP contribution < -0.4 is 0 Å². The Morgan fingerprint density at radius 2 is 0.769 bits per heavy atom. The van der Waals surface area contributed by atoms with E-state index in [1.807, 2.05) is 0 Å². The van der Waals surface area contributed by atoms with Crippen molar-refractivity contribution < 1.29 is 0 Å². The van der Waals surface area contributed by atoms with Crippen LogP contribution in [0.5, 0.6) is 0 Å². The summed E-state index contributed by atoms with van der Waals surface area (Å²) in [7, 11) is 0. The van der Waals surface area contributed by atoms with Gasteiger partial charge in [0.1, 0.15) is 0 Å². The summed E-state index contributed by atoms with van der Waals surface area (Å²) >= 11 is 0. The van der Waals surface area contributed by atoms with Crippen LogP contribution in [-0.4, -0.2) is 0 Å². The van der Waals surface area contributed by atoms with Crippen LogP contribution in [-0.2, 0) is 10.8 Å². The fourth-order valence-electron chi connectivity index (χ4n) is 5.07. The molecule has 2 unspecified atom stereocenters. The van der Waals surface area contributed by atoms with Crippen molar-refractivity contribution in [1.29, 1.82) is 0 Å². The largest absolute Gasteiger partial charge is 0.0682 e. The molecule has 2 spiro atoms. The molecule has 0 aromatic heterocycles. The molecule has 26 heavy (non-hydrogen) atoms. The van der Waals surface area contributed by atoms with Gasteiger partial charge in [-0.15, -0.1) is 0 Å². The number of hydrogen-bond acceptors (Lipinski definition) is 0. The van der Waals surface area contributed by atoms with E-state index >= 15 is 0 Å². The van der Waals surface area contributed by atoms with Crippen molar-refractivity contribution in [3.63, 3.8) is 0 Å². The molecule has 0 aliphatic heterocycles. The fraction of sp³-hybridized carbons (Fsp3) is 0.0769. The lowest BCUT2D eigenvalue weighted by Gasteiger charge is -2.40. The van der Waals surface area contributed by atoms with Crippen LogP contribution in [0.2, 0.25) is 0 Å². The molecule has 2 atom stereocenters. The van der Waals surface area contributed by atoms with Crippen LogP contribution in [0.25, 0.3) is 12.2 Å². The van der Waals surface area contributed by atoms with Crippen molar-refractivity contribution in [2.75, 3.05) is 0 Å². The highest BCUT2D eigenvalue weighted by Crippen LogP contribution is 2.54. The van der Waals surface area contributed by atoms with Crippen molar-refractivity contribution in [2.24, 2.45) is 0 Å². The second kappa shape index (κ2) is 4.74. The molecule has 0 fully saturated rings. The van der Waals surface area contributed by atoms with Crippen molar-refractivity contribution in [3.05, 3.63) is 130 Å². The standard InChI is InChI=1S/C26H18/c1-3-9-21-19(7-1)13-15-25(21)17-18-26(24-12-6-5-11-23(24)25)16-14-20-8-2-4-10-22(20)26/h1-18H. The molecule has 0 bridgehead atoms. The number of fused-ring (bicyclic) bond motifs is 7. The lowest BCUT2D eigenvalue weighted by molar-refractivity contribution is 0.707. The first kappa shape index (κ1) is 14.1. The molecule has 0 heteroatoms. The summed E-state index contributed by atoms with van der Waals surface area (Å²) in [4.78, 5) is 0. The van der Waals surface area contributed by atoms with Crippen molar-refractivity contribution in [1.82, 2.24) is 0 Å². The lowest BCUT2D eigenvalue weighted by atomic mass is 9.62. The lowest BCUT2D eigenvalue weighted by Crippen LogP contribution is -2.34. The highest BCUT2D eigenvalue weighted by molar-refractivity contribution is 5.78. The smallest absolute Gasteiger partial charge is 0.0575 e. The third-order valence-corrected chi connectivity index (χ3v) is 6.29. The Bertz CT molecular complexity index is 1050. The molecule has 0 amide bonds. The molecule has 3 aliphatic carbocycles. The second-order valence-corrected chi connectivity index (χ2v) is 7.46. The van der Waals surface area contributed by atoms with E-state index in [0.717, 1.165) is 0 Å². The molecular weight excluding hydrogens is 312 g/mol. The average Bonchev–Trinajstić information content (AvgIpc) is 3.26. The van der Waals surface area contributed by atoms with E-state index in [-0.39, 0.29) is 10.8 Å². The number of hydrogen-bond donors (Lipinski definition) is 0. The molecule has 3 aromatic carbocycles. The zero-order chi connectivity index (χ0) is 17.2. The zero-order valence-corrected chi connectivity index (χ0v) is 14.4. The summed E-state index contributed by atoms with van der Waals surface area (Å²) in [5.41, 5.74) is 7.90. The predicted molar refractivity (Wildman–Crippen MR) is 108 cm³/mol. The third-order valence-electron chi connectivity index (χ3n) is 6.29. The van der Waals surface area contributed by atoms with E-state index in [2.05, 4.69) is 109 Å². The number of allylic oxidation sites excluding steroid dienone is 4. The van der Waals surface area contributed by atoms with E-state index in [1.54, 1.807) is 0 Å². The second-order valence-electron chi connectivity index (χ2n) is 7.46.